The van der Waals surface area contributed by atoms with Crippen molar-refractivity contribution in [2.45, 2.75) is 25.4 Å². The van der Waals surface area contributed by atoms with Gasteiger partial charge in [-0.05, 0) is 36.2 Å². The minimum absolute atomic E-state index is 0.178. The summed E-state index contributed by atoms with van der Waals surface area (Å²) in [6, 6.07) is 7.94. The van der Waals surface area contributed by atoms with Gasteiger partial charge in [0.15, 0.2) is 0 Å². The number of carbonyl (C=O) groups is 4. The Morgan fingerprint density at radius 3 is 2.55 bits per heavy atom. The van der Waals surface area contributed by atoms with Crippen molar-refractivity contribution < 1.29 is 28.0 Å². The molecule has 2 aromatic rings. The van der Waals surface area contributed by atoms with Crippen molar-refractivity contribution in [3.63, 3.8) is 0 Å². The molecule has 1 saturated heterocycles. The Labute approximate surface area is 178 Å². The molecule has 1 aliphatic rings. The average molecular weight is 430 g/mol. The van der Waals surface area contributed by atoms with E-state index in [-0.39, 0.29) is 19.5 Å². The summed E-state index contributed by atoms with van der Waals surface area (Å²) in [7, 11) is 1.40. The molecule has 0 spiro atoms. The summed E-state index contributed by atoms with van der Waals surface area (Å²) in [5.74, 6) is -1.50. The second-order valence-corrected chi connectivity index (χ2v) is 7.19. The van der Waals surface area contributed by atoms with Crippen LogP contribution in [0.2, 0.25) is 0 Å². The first-order valence-corrected chi connectivity index (χ1v) is 9.70. The Morgan fingerprint density at radius 1 is 1.23 bits per heavy atom. The molecule has 1 aliphatic heterocycles. The van der Waals surface area contributed by atoms with Gasteiger partial charge in [-0.3, -0.25) is 19.3 Å². The number of carbonyl (C=O) groups excluding carboxylic acids is 4. The molecule has 5 amide bonds. The highest BCUT2D eigenvalue weighted by molar-refractivity contribution is 6.09. The lowest BCUT2D eigenvalue weighted by Crippen LogP contribution is -2.46. The number of halogens is 1. The fourth-order valence-electron chi connectivity index (χ4n) is 3.36. The predicted octanol–water partition coefficient (Wildman–Crippen LogP) is 1.35. The molecule has 2 heterocycles. The van der Waals surface area contributed by atoms with Crippen LogP contribution in [0.1, 0.15) is 24.7 Å². The quantitative estimate of drug-likeness (QED) is 0.614. The fraction of sp³-hybridized carbons (Fsp3) is 0.333. The molecule has 2 N–H and O–H groups in total. The van der Waals surface area contributed by atoms with E-state index in [4.69, 9.17) is 4.42 Å². The van der Waals surface area contributed by atoms with Crippen molar-refractivity contribution in [3.8, 4) is 0 Å². The molecule has 0 radical (unpaired) electrons. The van der Waals surface area contributed by atoms with E-state index in [1.807, 2.05) is 0 Å². The molecular weight excluding hydrogens is 407 g/mol. The summed E-state index contributed by atoms with van der Waals surface area (Å²) in [4.78, 5) is 52.1. The van der Waals surface area contributed by atoms with Crippen LogP contribution in [-0.2, 0) is 26.5 Å². The SMILES string of the molecule is CC[C@]1(c2ccc(F)cc2)NC(=O)N(CC(=O)N(C)CC(=O)NCc2ccco2)C1=O. The van der Waals surface area contributed by atoms with Gasteiger partial charge in [0.2, 0.25) is 11.8 Å². The van der Waals surface area contributed by atoms with Crippen molar-refractivity contribution in [2.75, 3.05) is 20.1 Å². The number of benzene rings is 1. The van der Waals surface area contributed by atoms with Crippen molar-refractivity contribution in [1.82, 2.24) is 20.4 Å². The fourth-order valence-corrected chi connectivity index (χ4v) is 3.36. The topological polar surface area (TPSA) is 112 Å². The maximum Gasteiger partial charge on any atom is 0.325 e. The second kappa shape index (κ2) is 8.99. The number of rotatable bonds is 8. The minimum Gasteiger partial charge on any atom is -0.467 e. The molecule has 10 heteroatoms. The summed E-state index contributed by atoms with van der Waals surface area (Å²) in [6.45, 7) is 1.12. The number of likely N-dealkylation sites (N-methyl/N-ethyl adjacent to an activating group) is 1. The van der Waals surface area contributed by atoms with Gasteiger partial charge in [0.25, 0.3) is 5.91 Å². The summed E-state index contributed by atoms with van der Waals surface area (Å²) in [6.07, 6.45) is 1.70. The molecule has 1 fully saturated rings. The second-order valence-electron chi connectivity index (χ2n) is 7.19. The van der Waals surface area contributed by atoms with E-state index >= 15 is 0 Å². The monoisotopic (exact) mass is 430 g/mol. The minimum atomic E-state index is -1.37. The third kappa shape index (κ3) is 4.57. The van der Waals surface area contributed by atoms with Crippen LogP contribution in [0.5, 0.6) is 0 Å². The zero-order valence-electron chi connectivity index (χ0n) is 17.2. The number of nitrogens with zero attached hydrogens (tertiary/aromatic N) is 2. The van der Waals surface area contributed by atoms with Crippen LogP contribution >= 0.6 is 0 Å². The molecule has 1 aromatic carbocycles. The Bertz CT molecular complexity index is 976. The smallest absolute Gasteiger partial charge is 0.325 e. The highest BCUT2D eigenvalue weighted by Crippen LogP contribution is 2.32. The van der Waals surface area contributed by atoms with Gasteiger partial charge in [0.05, 0.1) is 19.4 Å². The highest BCUT2D eigenvalue weighted by Gasteiger charge is 2.51. The number of amides is 5. The molecule has 0 bridgehead atoms. The first kappa shape index (κ1) is 22.0. The highest BCUT2D eigenvalue weighted by atomic mass is 19.1. The predicted molar refractivity (Wildman–Crippen MR) is 107 cm³/mol. The van der Waals surface area contributed by atoms with E-state index in [9.17, 15) is 23.6 Å². The van der Waals surface area contributed by atoms with Crippen LogP contribution in [0.3, 0.4) is 0 Å². The lowest BCUT2D eigenvalue weighted by Gasteiger charge is -2.26. The van der Waals surface area contributed by atoms with E-state index in [2.05, 4.69) is 10.6 Å². The molecule has 3 rings (SSSR count). The van der Waals surface area contributed by atoms with Crippen LogP contribution < -0.4 is 10.6 Å². The van der Waals surface area contributed by atoms with Gasteiger partial charge in [-0.15, -0.1) is 0 Å². The van der Waals surface area contributed by atoms with E-state index in [0.29, 0.717) is 11.3 Å². The number of hydrogen-bond donors (Lipinski definition) is 2. The Balaban J connectivity index is 1.62. The van der Waals surface area contributed by atoms with Gasteiger partial charge in [0, 0.05) is 7.05 Å². The van der Waals surface area contributed by atoms with Crippen LogP contribution in [-0.4, -0.2) is 53.7 Å². The zero-order valence-corrected chi connectivity index (χ0v) is 17.2. The molecule has 1 atom stereocenters. The largest absolute Gasteiger partial charge is 0.467 e. The van der Waals surface area contributed by atoms with Gasteiger partial charge in [-0.25, -0.2) is 9.18 Å². The van der Waals surface area contributed by atoms with E-state index in [1.165, 1.54) is 37.6 Å². The number of imide groups is 1. The molecule has 0 unspecified atom stereocenters. The van der Waals surface area contributed by atoms with Gasteiger partial charge < -0.3 is 20.0 Å². The van der Waals surface area contributed by atoms with E-state index < -0.39 is 41.7 Å². The van der Waals surface area contributed by atoms with Crippen LogP contribution in [0.4, 0.5) is 9.18 Å². The molecule has 31 heavy (non-hydrogen) atoms. The molecular formula is C21H23FN4O5. The zero-order chi connectivity index (χ0) is 22.6. The average Bonchev–Trinajstić information content (AvgIpc) is 3.35. The van der Waals surface area contributed by atoms with Crippen molar-refractivity contribution in [3.05, 3.63) is 59.8 Å². The van der Waals surface area contributed by atoms with Gasteiger partial charge in [0.1, 0.15) is 23.7 Å². The van der Waals surface area contributed by atoms with Crippen LogP contribution in [0.15, 0.2) is 47.1 Å². The van der Waals surface area contributed by atoms with Crippen LogP contribution in [0.25, 0.3) is 0 Å². The maximum absolute atomic E-state index is 13.3. The molecule has 9 nitrogen and oxygen atoms in total. The number of nitrogens with one attached hydrogen (secondary N) is 2. The molecule has 1 aromatic heterocycles. The molecule has 0 aliphatic carbocycles. The van der Waals surface area contributed by atoms with Gasteiger partial charge in [-0.1, -0.05) is 19.1 Å². The molecule has 164 valence electrons. The number of furan rings is 1. The Morgan fingerprint density at radius 2 is 1.94 bits per heavy atom. The normalized spacial score (nSPS) is 18.1. The van der Waals surface area contributed by atoms with E-state index in [1.54, 1.807) is 19.1 Å². The lowest BCUT2D eigenvalue weighted by atomic mass is 9.87. The van der Waals surface area contributed by atoms with Gasteiger partial charge in [-0.2, -0.15) is 0 Å². The van der Waals surface area contributed by atoms with Crippen molar-refractivity contribution in [1.29, 1.82) is 0 Å². The lowest BCUT2D eigenvalue weighted by molar-refractivity contribution is -0.140. The Kier molecular flexibility index (Phi) is 6.38. The first-order valence-electron chi connectivity index (χ1n) is 9.70. The Hall–Kier alpha value is -3.69. The van der Waals surface area contributed by atoms with Crippen LogP contribution in [0, 0.1) is 5.82 Å². The summed E-state index contributed by atoms with van der Waals surface area (Å²) >= 11 is 0. The van der Waals surface area contributed by atoms with E-state index in [0.717, 1.165) is 9.80 Å². The summed E-state index contributed by atoms with van der Waals surface area (Å²) < 4.78 is 18.4. The van der Waals surface area contributed by atoms with Gasteiger partial charge >= 0.3 is 6.03 Å². The number of urea groups is 1. The number of hydrogen-bond acceptors (Lipinski definition) is 5. The molecule has 0 saturated carbocycles. The van der Waals surface area contributed by atoms with Crippen molar-refractivity contribution >= 4 is 23.8 Å². The summed E-state index contributed by atoms with van der Waals surface area (Å²) in [5.41, 5.74) is -0.945. The standard InChI is InChI=1S/C21H23FN4O5/c1-3-21(14-6-8-15(22)9-7-14)19(29)26(20(30)24-21)13-18(28)25(2)12-17(27)23-11-16-5-4-10-31-16/h4-10H,3,11-13H2,1-2H3,(H,23,27)(H,24,30)/t21-/m1/s1. The first-order chi connectivity index (χ1) is 14.8. The third-order valence-electron chi connectivity index (χ3n) is 5.18. The van der Waals surface area contributed by atoms with Crippen molar-refractivity contribution in [2.24, 2.45) is 0 Å². The summed E-state index contributed by atoms with van der Waals surface area (Å²) in [5, 5.41) is 5.24. The maximum atomic E-state index is 13.3. The third-order valence-corrected chi connectivity index (χ3v) is 5.18.